The van der Waals surface area contributed by atoms with Crippen LogP contribution in [0.2, 0.25) is 0 Å². The smallest absolute Gasteiger partial charge is 0.423 e. The van der Waals surface area contributed by atoms with Gasteiger partial charge in [-0.1, -0.05) is 6.07 Å². The van der Waals surface area contributed by atoms with E-state index in [1.54, 1.807) is 12.3 Å². The molecule has 0 aliphatic carbocycles. The summed E-state index contributed by atoms with van der Waals surface area (Å²) in [6.45, 7) is 2.99. The topological polar surface area (TPSA) is 61.5 Å². The molecular weight excluding hydrogens is 260 g/mol. The molecule has 0 fully saturated rings. The van der Waals surface area contributed by atoms with Gasteiger partial charge >= 0.3 is 7.12 Å². The quantitative estimate of drug-likeness (QED) is 0.756. The van der Waals surface area contributed by atoms with Gasteiger partial charge in [0.05, 0.1) is 6.54 Å². The maximum atomic E-state index is 13.5. The first-order chi connectivity index (χ1) is 9.61. The summed E-state index contributed by atoms with van der Waals surface area (Å²) in [5, 5.41) is 18.3. The van der Waals surface area contributed by atoms with Gasteiger partial charge in [0.2, 0.25) is 0 Å². The fraction of sp³-hybridized carbons (Fsp3) is 0.308. The first-order valence-electron chi connectivity index (χ1n) is 6.50. The molecule has 0 spiro atoms. The second kappa shape index (κ2) is 5.36. The molecule has 0 bridgehead atoms. The summed E-state index contributed by atoms with van der Waals surface area (Å²) in [5.74, 6) is 0.541. The first-order valence-corrected chi connectivity index (χ1v) is 6.50. The number of hydrogen-bond donors (Lipinski definition) is 2. The van der Waals surface area contributed by atoms with Gasteiger partial charge in [-0.2, -0.15) is 0 Å². The van der Waals surface area contributed by atoms with E-state index in [0.29, 0.717) is 13.1 Å². The maximum Gasteiger partial charge on any atom is 0.488 e. The highest BCUT2D eigenvalue weighted by atomic mass is 19.1. The Labute approximate surface area is 116 Å². The normalized spacial score (nSPS) is 15.2. The minimum absolute atomic E-state index is 0.179. The SMILES string of the molecule is OB(O)c1cc(F)cc(CN2CCn3ccnc3C2)c1. The maximum absolute atomic E-state index is 13.5. The molecule has 1 aromatic carbocycles. The van der Waals surface area contributed by atoms with E-state index in [4.69, 9.17) is 10.0 Å². The summed E-state index contributed by atoms with van der Waals surface area (Å²) in [4.78, 5) is 6.44. The summed E-state index contributed by atoms with van der Waals surface area (Å²) in [7, 11) is -1.65. The molecule has 5 nitrogen and oxygen atoms in total. The van der Waals surface area contributed by atoms with Crippen LogP contribution in [0.15, 0.2) is 30.6 Å². The number of nitrogens with zero attached hydrogens (tertiary/aromatic N) is 3. The largest absolute Gasteiger partial charge is 0.488 e. The van der Waals surface area contributed by atoms with Gasteiger partial charge in [-0.25, -0.2) is 9.37 Å². The number of rotatable bonds is 3. The molecule has 1 aromatic heterocycles. The van der Waals surface area contributed by atoms with E-state index < -0.39 is 12.9 Å². The van der Waals surface area contributed by atoms with Crippen molar-refractivity contribution in [3.63, 3.8) is 0 Å². The molecule has 0 radical (unpaired) electrons. The second-order valence-electron chi connectivity index (χ2n) is 5.01. The van der Waals surface area contributed by atoms with Crippen molar-refractivity contribution < 1.29 is 14.4 Å². The fourth-order valence-electron chi connectivity index (χ4n) is 2.53. The van der Waals surface area contributed by atoms with E-state index in [1.165, 1.54) is 6.07 Å². The van der Waals surface area contributed by atoms with Crippen LogP contribution in [0, 0.1) is 5.82 Å². The fourth-order valence-corrected chi connectivity index (χ4v) is 2.53. The van der Waals surface area contributed by atoms with E-state index in [1.807, 2.05) is 6.20 Å². The van der Waals surface area contributed by atoms with Crippen molar-refractivity contribution in [1.29, 1.82) is 0 Å². The van der Waals surface area contributed by atoms with Crippen molar-refractivity contribution in [3.05, 3.63) is 47.8 Å². The lowest BCUT2D eigenvalue weighted by atomic mass is 9.79. The van der Waals surface area contributed by atoms with E-state index in [0.717, 1.165) is 30.5 Å². The highest BCUT2D eigenvalue weighted by molar-refractivity contribution is 6.58. The van der Waals surface area contributed by atoms with Crippen LogP contribution >= 0.6 is 0 Å². The number of hydrogen-bond acceptors (Lipinski definition) is 4. The monoisotopic (exact) mass is 275 g/mol. The zero-order valence-electron chi connectivity index (χ0n) is 10.9. The van der Waals surface area contributed by atoms with Crippen LogP contribution in [-0.2, 0) is 19.6 Å². The number of aromatic nitrogens is 2. The van der Waals surface area contributed by atoms with Crippen LogP contribution in [0.3, 0.4) is 0 Å². The van der Waals surface area contributed by atoms with Gasteiger partial charge in [0, 0.05) is 32.0 Å². The third kappa shape index (κ3) is 2.74. The highest BCUT2D eigenvalue weighted by Gasteiger charge is 2.18. The zero-order valence-corrected chi connectivity index (χ0v) is 10.9. The van der Waals surface area contributed by atoms with Crippen LogP contribution in [0.5, 0.6) is 0 Å². The van der Waals surface area contributed by atoms with Crippen LogP contribution in [0.1, 0.15) is 11.4 Å². The van der Waals surface area contributed by atoms with Gasteiger partial charge in [-0.05, 0) is 23.2 Å². The van der Waals surface area contributed by atoms with Gasteiger partial charge in [-0.15, -0.1) is 0 Å². The number of fused-ring (bicyclic) bond motifs is 1. The van der Waals surface area contributed by atoms with Gasteiger partial charge in [0.25, 0.3) is 0 Å². The molecule has 20 heavy (non-hydrogen) atoms. The molecule has 0 saturated heterocycles. The Hall–Kier alpha value is -1.70. The van der Waals surface area contributed by atoms with Gasteiger partial charge < -0.3 is 14.6 Å². The molecule has 0 saturated carbocycles. The van der Waals surface area contributed by atoms with Crippen LogP contribution in [-0.4, -0.2) is 38.2 Å². The van der Waals surface area contributed by atoms with E-state index in [2.05, 4.69) is 14.5 Å². The Balaban J connectivity index is 1.75. The average molecular weight is 275 g/mol. The average Bonchev–Trinajstić information content (AvgIpc) is 2.85. The summed E-state index contributed by atoms with van der Waals surface area (Å²) in [6, 6.07) is 4.18. The van der Waals surface area contributed by atoms with E-state index in [9.17, 15) is 4.39 Å². The van der Waals surface area contributed by atoms with Gasteiger partial charge in [0.1, 0.15) is 11.6 Å². The highest BCUT2D eigenvalue weighted by Crippen LogP contribution is 2.14. The third-order valence-corrected chi connectivity index (χ3v) is 3.51. The molecular formula is C13H15BFN3O2. The zero-order chi connectivity index (χ0) is 14.1. The van der Waals surface area contributed by atoms with Crippen molar-refractivity contribution >= 4 is 12.6 Å². The van der Waals surface area contributed by atoms with Gasteiger partial charge in [0.15, 0.2) is 0 Å². The van der Waals surface area contributed by atoms with Crippen LogP contribution < -0.4 is 5.46 Å². The Morgan fingerprint density at radius 1 is 1.25 bits per heavy atom. The van der Waals surface area contributed by atoms with E-state index >= 15 is 0 Å². The second-order valence-corrected chi connectivity index (χ2v) is 5.01. The van der Waals surface area contributed by atoms with E-state index in [-0.39, 0.29) is 5.46 Å². The molecule has 2 aromatic rings. The molecule has 7 heteroatoms. The Morgan fingerprint density at radius 3 is 2.90 bits per heavy atom. The first kappa shape index (κ1) is 13.3. The molecule has 2 N–H and O–H groups in total. The Bertz CT molecular complexity index is 617. The molecule has 1 aliphatic rings. The molecule has 1 aliphatic heterocycles. The van der Waals surface area contributed by atoms with Crippen molar-refractivity contribution in [3.8, 4) is 0 Å². The molecule has 0 atom stereocenters. The number of benzene rings is 1. The predicted molar refractivity (Wildman–Crippen MR) is 72.6 cm³/mol. The standard InChI is InChI=1S/C13H15BFN3O2/c15-12-6-10(5-11(7-12)14(19)20)8-17-3-4-18-2-1-16-13(18)9-17/h1-2,5-7,19-20H,3-4,8-9H2. The van der Waals surface area contributed by atoms with Crippen molar-refractivity contribution in [2.24, 2.45) is 0 Å². The molecule has 0 amide bonds. The third-order valence-electron chi connectivity index (χ3n) is 3.51. The predicted octanol–water partition coefficient (Wildman–Crippen LogP) is -0.282. The van der Waals surface area contributed by atoms with Crippen LogP contribution in [0.25, 0.3) is 0 Å². The van der Waals surface area contributed by atoms with Crippen LogP contribution in [0.4, 0.5) is 4.39 Å². The Kier molecular flexibility index (Phi) is 3.56. The summed E-state index contributed by atoms with van der Waals surface area (Å²) < 4.78 is 15.6. The molecule has 0 unspecified atom stereocenters. The minimum atomic E-state index is -1.65. The molecule has 2 heterocycles. The summed E-state index contributed by atoms with van der Waals surface area (Å²) in [6.07, 6.45) is 3.73. The molecule has 3 rings (SSSR count). The number of halogens is 1. The lowest BCUT2D eigenvalue weighted by Gasteiger charge is -2.27. The summed E-state index contributed by atoms with van der Waals surface area (Å²) in [5.41, 5.74) is 0.909. The molecule has 104 valence electrons. The van der Waals surface area contributed by atoms with Crippen molar-refractivity contribution in [1.82, 2.24) is 14.5 Å². The number of imidazole rings is 1. The minimum Gasteiger partial charge on any atom is -0.423 e. The van der Waals surface area contributed by atoms with Crippen molar-refractivity contribution in [2.75, 3.05) is 6.54 Å². The van der Waals surface area contributed by atoms with Crippen molar-refractivity contribution in [2.45, 2.75) is 19.6 Å². The lowest BCUT2D eigenvalue weighted by molar-refractivity contribution is 0.208. The lowest BCUT2D eigenvalue weighted by Crippen LogP contribution is -2.34. The summed E-state index contributed by atoms with van der Waals surface area (Å²) >= 11 is 0. The van der Waals surface area contributed by atoms with Gasteiger partial charge in [-0.3, -0.25) is 4.90 Å². The Morgan fingerprint density at radius 2 is 2.10 bits per heavy atom.